The zero-order chi connectivity index (χ0) is 12.3. The first-order valence-electron chi connectivity index (χ1n) is 6.26. The summed E-state index contributed by atoms with van der Waals surface area (Å²) in [5.41, 5.74) is 6.25. The molecule has 0 unspecified atom stereocenters. The first kappa shape index (κ1) is 12.2. The van der Waals surface area contributed by atoms with Crippen molar-refractivity contribution in [2.24, 2.45) is 11.7 Å². The Morgan fingerprint density at radius 1 is 1.53 bits per heavy atom. The van der Waals surface area contributed by atoms with Crippen molar-refractivity contribution in [3.05, 3.63) is 23.7 Å². The molecule has 0 spiro atoms. The van der Waals surface area contributed by atoms with Gasteiger partial charge in [-0.2, -0.15) is 0 Å². The van der Waals surface area contributed by atoms with E-state index in [0.717, 1.165) is 38.9 Å². The van der Waals surface area contributed by atoms with E-state index in [0.29, 0.717) is 17.2 Å². The second-order valence-corrected chi connectivity index (χ2v) is 4.70. The Labute approximate surface area is 102 Å². The largest absolute Gasteiger partial charge is 0.469 e. The fourth-order valence-corrected chi connectivity index (χ4v) is 2.44. The molecule has 0 atom stereocenters. The standard InChI is InChI=1S/C13H20N2O2/c1-10-12(5-9-17-10)13(16)15-7-3-11(2-6-14)4-8-15/h5,9,11H,2-4,6-8,14H2,1H3. The van der Waals surface area contributed by atoms with E-state index >= 15 is 0 Å². The molecule has 0 bridgehead atoms. The van der Waals surface area contributed by atoms with Gasteiger partial charge in [0.05, 0.1) is 11.8 Å². The van der Waals surface area contributed by atoms with Gasteiger partial charge in [-0.15, -0.1) is 0 Å². The van der Waals surface area contributed by atoms with Crippen LogP contribution >= 0.6 is 0 Å². The van der Waals surface area contributed by atoms with Crippen LogP contribution in [-0.4, -0.2) is 30.4 Å². The van der Waals surface area contributed by atoms with Gasteiger partial charge in [-0.1, -0.05) is 0 Å². The molecule has 2 heterocycles. The molecule has 0 aliphatic carbocycles. The Balaban J connectivity index is 1.93. The molecule has 17 heavy (non-hydrogen) atoms. The Kier molecular flexibility index (Phi) is 3.84. The number of nitrogens with zero attached hydrogens (tertiary/aromatic N) is 1. The van der Waals surface area contributed by atoms with Crippen molar-refractivity contribution in [2.75, 3.05) is 19.6 Å². The van der Waals surface area contributed by atoms with Gasteiger partial charge in [-0.25, -0.2) is 0 Å². The van der Waals surface area contributed by atoms with E-state index in [1.165, 1.54) is 0 Å². The number of amides is 1. The summed E-state index contributed by atoms with van der Waals surface area (Å²) in [6.45, 7) is 4.26. The van der Waals surface area contributed by atoms with E-state index in [2.05, 4.69) is 0 Å². The summed E-state index contributed by atoms with van der Waals surface area (Å²) in [6, 6.07) is 1.75. The van der Waals surface area contributed by atoms with Crippen LogP contribution in [-0.2, 0) is 0 Å². The molecule has 1 saturated heterocycles. The summed E-state index contributed by atoms with van der Waals surface area (Å²) < 4.78 is 5.17. The third kappa shape index (κ3) is 2.69. The first-order chi connectivity index (χ1) is 8.22. The summed E-state index contributed by atoms with van der Waals surface area (Å²) in [7, 11) is 0. The summed E-state index contributed by atoms with van der Waals surface area (Å²) in [6.07, 6.45) is 4.79. The summed E-state index contributed by atoms with van der Waals surface area (Å²) in [5.74, 6) is 1.50. The lowest BCUT2D eigenvalue weighted by Crippen LogP contribution is -2.38. The molecular weight excluding hydrogens is 216 g/mol. The number of nitrogens with two attached hydrogens (primary N) is 1. The molecule has 2 N–H and O–H groups in total. The van der Waals surface area contributed by atoms with Gasteiger partial charge < -0.3 is 15.1 Å². The third-order valence-corrected chi connectivity index (χ3v) is 3.57. The van der Waals surface area contributed by atoms with Gasteiger partial charge in [0.25, 0.3) is 5.91 Å². The average Bonchev–Trinajstić information content (AvgIpc) is 2.76. The number of aryl methyl sites for hydroxylation is 1. The van der Waals surface area contributed by atoms with E-state index in [1.807, 2.05) is 11.8 Å². The molecular formula is C13H20N2O2. The maximum absolute atomic E-state index is 12.2. The number of rotatable bonds is 3. The second-order valence-electron chi connectivity index (χ2n) is 4.70. The number of carbonyl (C=O) groups is 1. The molecule has 1 aliphatic heterocycles. The van der Waals surface area contributed by atoms with Crippen molar-refractivity contribution in [3.63, 3.8) is 0 Å². The molecule has 0 aromatic carbocycles. The molecule has 1 amide bonds. The lowest BCUT2D eigenvalue weighted by atomic mass is 9.93. The minimum Gasteiger partial charge on any atom is -0.469 e. The van der Waals surface area contributed by atoms with Crippen LogP contribution in [0.1, 0.15) is 35.4 Å². The van der Waals surface area contributed by atoms with Crippen LogP contribution in [0.2, 0.25) is 0 Å². The van der Waals surface area contributed by atoms with Gasteiger partial charge in [0.2, 0.25) is 0 Å². The van der Waals surface area contributed by atoms with Crippen LogP contribution in [0.4, 0.5) is 0 Å². The fourth-order valence-electron chi connectivity index (χ4n) is 2.44. The van der Waals surface area contributed by atoms with Gasteiger partial charge in [0, 0.05) is 13.1 Å². The van der Waals surface area contributed by atoms with Gasteiger partial charge in [0.15, 0.2) is 0 Å². The van der Waals surface area contributed by atoms with E-state index in [9.17, 15) is 4.79 Å². The van der Waals surface area contributed by atoms with Crippen LogP contribution in [0, 0.1) is 12.8 Å². The van der Waals surface area contributed by atoms with Gasteiger partial charge in [0.1, 0.15) is 5.76 Å². The molecule has 94 valence electrons. The smallest absolute Gasteiger partial charge is 0.257 e. The lowest BCUT2D eigenvalue weighted by Gasteiger charge is -2.31. The molecule has 2 rings (SSSR count). The minimum absolute atomic E-state index is 0.0995. The Morgan fingerprint density at radius 2 is 2.24 bits per heavy atom. The summed E-state index contributed by atoms with van der Waals surface area (Å²) in [5, 5.41) is 0. The van der Waals surface area contributed by atoms with E-state index in [-0.39, 0.29) is 5.91 Å². The number of likely N-dealkylation sites (tertiary alicyclic amines) is 1. The number of hydrogen-bond acceptors (Lipinski definition) is 3. The van der Waals surface area contributed by atoms with Crippen molar-refractivity contribution < 1.29 is 9.21 Å². The minimum atomic E-state index is 0.0995. The van der Waals surface area contributed by atoms with Crippen LogP contribution in [0.3, 0.4) is 0 Å². The normalized spacial score (nSPS) is 17.4. The molecule has 0 radical (unpaired) electrons. The maximum atomic E-state index is 12.2. The summed E-state index contributed by atoms with van der Waals surface area (Å²) in [4.78, 5) is 14.1. The van der Waals surface area contributed by atoms with Gasteiger partial charge >= 0.3 is 0 Å². The number of piperidine rings is 1. The average molecular weight is 236 g/mol. The highest BCUT2D eigenvalue weighted by molar-refractivity contribution is 5.95. The predicted molar refractivity (Wildman–Crippen MR) is 65.7 cm³/mol. The second kappa shape index (κ2) is 5.36. The van der Waals surface area contributed by atoms with Crippen LogP contribution in [0.5, 0.6) is 0 Å². The Morgan fingerprint density at radius 3 is 2.76 bits per heavy atom. The number of furan rings is 1. The van der Waals surface area contributed by atoms with Crippen LogP contribution < -0.4 is 5.73 Å². The van der Waals surface area contributed by atoms with Crippen molar-refractivity contribution in [1.82, 2.24) is 4.90 Å². The molecule has 1 fully saturated rings. The monoisotopic (exact) mass is 236 g/mol. The lowest BCUT2D eigenvalue weighted by molar-refractivity contribution is 0.0686. The molecule has 0 saturated carbocycles. The molecule has 1 aromatic rings. The summed E-state index contributed by atoms with van der Waals surface area (Å²) >= 11 is 0. The predicted octanol–water partition coefficient (Wildman–Crippen LogP) is 1.79. The molecule has 4 nitrogen and oxygen atoms in total. The highest BCUT2D eigenvalue weighted by Crippen LogP contribution is 2.22. The maximum Gasteiger partial charge on any atom is 0.257 e. The van der Waals surface area contributed by atoms with Crippen molar-refractivity contribution in [1.29, 1.82) is 0 Å². The zero-order valence-electron chi connectivity index (χ0n) is 10.3. The van der Waals surface area contributed by atoms with Crippen molar-refractivity contribution in [3.8, 4) is 0 Å². The van der Waals surface area contributed by atoms with Crippen molar-refractivity contribution in [2.45, 2.75) is 26.2 Å². The molecule has 1 aliphatic rings. The van der Waals surface area contributed by atoms with Crippen LogP contribution in [0.25, 0.3) is 0 Å². The quantitative estimate of drug-likeness (QED) is 0.870. The SMILES string of the molecule is Cc1occc1C(=O)N1CCC(CCN)CC1. The Hall–Kier alpha value is -1.29. The first-order valence-corrected chi connectivity index (χ1v) is 6.26. The van der Waals surface area contributed by atoms with Crippen molar-refractivity contribution >= 4 is 5.91 Å². The highest BCUT2D eigenvalue weighted by atomic mass is 16.3. The van der Waals surface area contributed by atoms with E-state index in [1.54, 1.807) is 12.3 Å². The third-order valence-electron chi connectivity index (χ3n) is 3.57. The fraction of sp³-hybridized carbons (Fsp3) is 0.615. The molecule has 4 heteroatoms. The Bertz CT molecular complexity index is 379. The molecule has 1 aromatic heterocycles. The number of carbonyl (C=O) groups excluding carboxylic acids is 1. The van der Waals surface area contributed by atoms with Gasteiger partial charge in [-0.05, 0) is 44.7 Å². The van der Waals surface area contributed by atoms with Crippen LogP contribution in [0.15, 0.2) is 16.7 Å². The van der Waals surface area contributed by atoms with E-state index in [4.69, 9.17) is 10.2 Å². The van der Waals surface area contributed by atoms with E-state index < -0.39 is 0 Å². The zero-order valence-corrected chi connectivity index (χ0v) is 10.3. The highest BCUT2D eigenvalue weighted by Gasteiger charge is 2.24. The number of hydrogen-bond donors (Lipinski definition) is 1. The topological polar surface area (TPSA) is 59.5 Å². The van der Waals surface area contributed by atoms with Gasteiger partial charge in [-0.3, -0.25) is 4.79 Å².